The summed E-state index contributed by atoms with van der Waals surface area (Å²) >= 11 is 0. The molecule has 9 heavy (non-hydrogen) atoms. The average Bonchev–Trinajstić information content (AvgIpc) is 1.67. The van der Waals surface area contributed by atoms with Crippen LogP contribution >= 0.6 is 12.4 Å². The van der Waals surface area contributed by atoms with Crippen molar-refractivity contribution in [3.8, 4) is 6.19 Å². The Morgan fingerprint density at radius 1 is 1.78 bits per heavy atom. The molecule has 0 aliphatic carbocycles. The molecule has 1 N–H and O–H groups in total. The van der Waals surface area contributed by atoms with Gasteiger partial charge in [-0.15, -0.1) is 12.4 Å². The summed E-state index contributed by atoms with van der Waals surface area (Å²) in [5.74, 6) is -1.16. The van der Waals surface area contributed by atoms with Crippen LogP contribution in [0.2, 0.25) is 0 Å². The second-order valence-corrected chi connectivity index (χ2v) is 1.10. The van der Waals surface area contributed by atoms with Gasteiger partial charge in [-0.1, -0.05) is 0 Å². The first kappa shape index (κ1) is 10.8. The van der Waals surface area contributed by atoms with Gasteiger partial charge >= 0.3 is 5.97 Å². The lowest BCUT2D eigenvalue weighted by atomic mass is 10.4. The molecule has 0 radical (unpaired) electrons. The molecule has 50 valence electrons. The van der Waals surface area contributed by atoms with E-state index in [1.807, 2.05) is 0 Å². The second kappa shape index (κ2) is 5.06. The maximum absolute atomic E-state index is 9.81. The van der Waals surface area contributed by atoms with Gasteiger partial charge in [-0.25, -0.2) is 4.79 Å². The fourth-order valence-electron chi connectivity index (χ4n) is 0.123. The van der Waals surface area contributed by atoms with Gasteiger partial charge in [0.25, 0.3) is 0 Å². The van der Waals surface area contributed by atoms with E-state index in [1.165, 1.54) is 13.1 Å². The first-order valence-electron chi connectivity index (χ1n) is 1.85. The SMILES string of the molecule is C/C(=N/C#N)C(=O)O.Cl. The molecule has 0 atom stereocenters. The predicted molar refractivity (Wildman–Crippen MR) is 33.6 cm³/mol. The number of carboxylic acid groups (broad SMARTS) is 1. The van der Waals surface area contributed by atoms with Crippen LogP contribution in [0.3, 0.4) is 0 Å². The molecular formula is C4H5ClN2O2. The third-order valence-corrected chi connectivity index (χ3v) is 0.527. The van der Waals surface area contributed by atoms with Crippen molar-refractivity contribution < 1.29 is 9.90 Å². The molecular weight excluding hydrogens is 144 g/mol. The third-order valence-electron chi connectivity index (χ3n) is 0.527. The number of halogens is 1. The topological polar surface area (TPSA) is 73.5 Å². The summed E-state index contributed by atoms with van der Waals surface area (Å²) in [6.07, 6.45) is 1.36. The van der Waals surface area contributed by atoms with Crippen molar-refractivity contribution in [1.29, 1.82) is 5.26 Å². The molecule has 0 saturated heterocycles. The smallest absolute Gasteiger partial charge is 0.350 e. The van der Waals surface area contributed by atoms with E-state index in [-0.39, 0.29) is 18.1 Å². The molecule has 0 aliphatic heterocycles. The minimum absolute atomic E-state index is 0. The standard InChI is InChI=1S/C4H4N2O2.ClH/c1-3(4(7)8)6-2-5;/h1H3,(H,7,8);1H/b6-3-;. The van der Waals surface area contributed by atoms with Crippen molar-refractivity contribution in [2.24, 2.45) is 4.99 Å². The highest BCUT2D eigenvalue weighted by Gasteiger charge is 1.98. The van der Waals surface area contributed by atoms with Crippen LogP contribution in [0, 0.1) is 11.5 Å². The zero-order valence-corrected chi connectivity index (χ0v) is 5.47. The van der Waals surface area contributed by atoms with Crippen molar-refractivity contribution in [2.75, 3.05) is 0 Å². The Labute approximate surface area is 58.2 Å². The highest BCUT2D eigenvalue weighted by Crippen LogP contribution is 1.73. The zero-order valence-electron chi connectivity index (χ0n) is 4.66. The van der Waals surface area contributed by atoms with Gasteiger partial charge in [0.1, 0.15) is 5.71 Å². The van der Waals surface area contributed by atoms with Gasteiger partial charge in [0.15, 0.2) is 0 Å². The maximum atomic E-state index is 9.81. The Bertz CT molecular complexity index is 170. The van der Waals surface area contributed by atoms with Gasteiger partial charge in [0.05, 0.1) is 0 Å². The van der Waals surface area contributed by atoms with Crippen LogP contribution in [-0.2, 0) is 4.79 Å². The number of hydrogen-bond donors (Lipinski definition) is 1. The Balaban J connectivity index is 0. The molecule has 0 aromatic rings. The normalized spacial score (nSPS) is 9.11. The molecule has 0 saturated carbocycles. The molecule has 0 fully saturated rings. The highest BCUT2D eigenvalue weighted by atomic mass is 35.5. The molecule has 0 amide bonds. The molecule has 0 aromatic heterocycles. The number of aliphatic carboxylic acids is 1. The monoisotopic (exact) mass is 148 g/mol. The summed E-state index contributed by atoms with van der Waals surface area (Å²) in [4.78, 5) is 12.8. The third kappa shape index (κ3) is 4.78. The van der Waals surface area contributed by atoms with Gasteiger partial charge in [0.2, 0.25) is 6.19 Å². The van der Waals surface area contributed by atoms with E-state index >= 15 is 0 Å². The molecule has 0 rings (SSSR count). The van der Waals surface area contributed by atoms with Crippen LogP contribution in [0.5, 0.6) is 0 Å². The van der Waals surface area contributed by atoms with Crippen LogP contribution in [-0.4, -0.2) is 16.8 Å². The van der Waals surface area contributed by atoms with Crippen molar-refractivity contribution in [2.45, 2.75) is 6.92 Å². The number of rotatable bonds is 1. The summed E-state index contributed by atoms with van der Waals surface area (Å²) in [5, 5.41) is 15.8. The Morgan fingerprint density at radius 2 is 2.22 bits per heavy atom. The lowest BCUT2D eigenvalue weighted by Crippen LogP contribution is -2.06. The van der Waals surface area contributed by atoms with Crippen molar-refractivity contribution in [3.05, 3.63) is 0 Å². The Kier molecular flexibility index (Phi) is 6.09. The Morgan fingerprint density at radius 3 is 2.33 bits per heavy atom. The van der Waals surface area contributed by atoms with Crippen LogP contribution in [0.4, 0.5) is 0 Å². The number of aliphatic imine (C=N–C) groups is 1. The number of nitrogens with zero attached hydrogens (tertiary/aromatic N) is 2. The minimum Gasteiger partial charge on any atom is -0.477 e. The molecule has 5 heteroatoms. The highest BCUT2D eigenvalue weighted by molar-refractivity contribution is 6.34. The number of carboxylic acids is 1. The number of hydrogen-bond acceptors (Lipinski definition) is 3. The van der Waals surface area contributed by atoms with E-state index in [0.29, 0.717) is 0 Å². The largest absolute Gasteiger partial charge is 0.477 e. The zero-order chi connectivity index (χ0) is 6.57. The van der Waals surface area contributed by atoms with Crippen molar-refractivity contribution in [3.63, 3.8) is 0 Å². The van der Waals surface area contributed by atoms with E-state index in [4.69, 9.17) is 10.4 Å². The number of nitriles is 1. The summed E-state index contributed by atoms with van der Waals surface area (Å²) < 4.78 is 0. The predicted octanol–water partition coefficient (Wildman–Crippen LogP) is 0.435. The minimum atomic E-state index is -1.16. The van der Waals surface area contributed by atoms with E-state index in [2.05, 4.69) is 4.99 Å². The summed E-state index contributed by atoms with van der Waals surface area (Å²) in [6.45, 7) is 1.26. The van der Waals surface area contributed by atoms with Crippen LogP contribution in [0.25, 0.3) is 0 Å². The molecule has 4 nitrogen and oxygen atoms in total. The van der Waals surface area contributed by atoms with Gasteiger partial charge in [-0.3, -0.25) is 0 Å². The summed E-state index contributed by atoms with van der Waals surface area (Å²) in [6, 6.07) is 0. The summed E-state index contributed by atoms with van der Waals surface area (Å²) in [5.41, 5.74) is -0.187. The van der Waals surface area contributed by atoms with Gasteiger partial charge in [-0.05, 0) is 6.92 Å². The van der Waals surface area contributed by atoms with Gasteiger partial charge in [-0.2, -0.15) is 10.3 Å². The molecule has 0 heterocycles. The second-order valence-electron chi connectivity index (χ2n) is 1.10. The van der Waals surface area contributed by atoms with Crippen LogP contribution in [0.15, 0.2) is 4.99 Å². The Hall–Kier alpha value is -1.08. The fourth-order valence-corrected chi connectivity index (χ4v) is 0.123. The molecule has 0 aromatic carbocycles. The van der Waals surface area contributed by atoms with Gasteiger partial charge in [0, 0.05) is 0 Å². The first-order chi connectivity index (χ1) is 3.68. The van der Waals surface area contributed by atoms with E-state index in [1.54, 1.807) is 0 Å². The lowest BCUT2D eigenvalue weighted by Gasteiger charge is -1.81. The lowest BCUT2D eigenvalue weighted by molar-refractivity contribution is -0.129. The van der Waals surface area contributed by atoms with E-state index in [9.17, 15) is 4.79 Å². The first-order valence-corrected chi connectivity index (χ1v) is 1.85. The molecule has 0 aliphatic rings. The van der Waals surface area contributed by atoms with E-state index in [0.717, 1.165) is 0 Å². The molecule has 0 unspecified atom stereocenters. The van der Waals surface area contributed by atoms with E-state index < -0.39 is 5.97 Å². The summed E-state index contributed by atoms with van der Waals surface area (Å²) in [7, 11) is 0. The van der Waals surface area contributed by atoms with Crippen molar-refractivity contribution in [1.82, 2.24) is 0 Å². The van der Waals surface area contributed by atoms with Crippen molar-refractivity contribution >= 4 is 24.1 Å². The molecule has 0 spiro atoms. The average molecular weight is 149 g/mol. The molecule has 0 bridgehead atoms. The van der Waals surface area contributed by atoms with Crippen LogP contribution < -0.4 is 0 Å². The van der Waals surface area contributed by atoms with Gasteiger partial charge < -0.3 is 5.11 Å². The quantitative estimate of drug-likeness (QED) is 0.433. The fraction of sp³-hybridized carbons (Fsp3) is 0.250. The number of carbonyl (C=O) groups is 1. The maximum Gasteiger partial charge on any atom is 0.350 e. The van der Waals surface area contributed by atoms with Crippen LogP contribution in [0.1, 0.15) is 6.92 Å².